The quantitative estimate of drug-likeness (QED) is 0.889. The predicted molar refractivity (Wildman–Crippen MR) is 74.3 cm³/mol. The number of carbonyl (C=O) groups excluding carboxylic acids is 1. The van der Waals surface area contributed by atoms with Gasteiger partial charge in [-0.3, -0.25) is 4.79 Å². The molecule has 110 valence electrons. The molecule has 0 aliphatic rings. The molecule has 1 heterocycles. The summed E-state index contributed by atoms with van der Waals surface area (Å²) in [6, 6.07) is 4.55. The van der Waals surface area contributed by atoms with Crippen LogP contribution >= 0.6 is 0 Å². The summed E-state index contributed by atoms with van der Waals surface area (Å²) in [4.78, 5) is 19.7. The Morgan fingerprint density at radius 3 is 2.81 bits per heavy atom. The molecule has 1 aromatic heterocycles. The Balaban J connectivity index is 2.15. The first-order chi connectivity index (χ1) is 10.1. The van der Waals surface area contributed by atoms with Crippen molar-refractivity contribution >= 4 is 17.5 Å². The van der Waals surface area contributed by atoms with Gasteiger partial charge in [0.15, 0.2) is 0 Å². The molecule has 0 bridgehead atoms. The van der Waals surface area contributed by atoms with Gasteiger partial charge in [0.2, 0.25) is 5.95 Å². The minimum absolute atomic E-state index is 0.0301. The Morgan fingerprint density at radius 1 is 1.29 bits per heavy atom. The molecule has 0 radical (unpaired) electrons. The second-order valence-corrected chi connectivity index (χ2v) is 4.27. The van der Waals surface area contributed by atoms with Crippen LogP contribution in [0.3, 0.4) is 0 Å². The Kier molecular flexibility index (Phi) is 4.76. The monoisotopic (exact) mass is 292 g/mol. The SMILES string of the molecule is CCCNC(=O)c1ccnc(Nc2ccc(F)cc2F)n1. The third kappa shape index (κ3) is 3.95. The summed E-state index contributed by atoms with van der Waals surface area (Å²) in [5, 5.41) is 5.28. The second-order valence-electron chi connectivity index (χ2n) is 4.27. The summed E-state index contributed by atoms with van der Waals surface area (Å²) in [7, 11) is 0. The van der Waals surface area contributed by atoms with Gasteiger partial charge < -0.3 is 10.6 Å². The van der Waals surface area contributed by atoms with Gasteiger partial charge >= 0.3 is 0 Å². The fourth-order valence-electron chi connectivity index (χ4n) is 1.59. The minimum Gasteiger partial charge on any atom is -0.351 e. The highest BCUT2D eigenvalue weighted by Crippen LogP contribution is 2.18. The first-order valence-electron chi connectivity index (χ1n) is 6.43. The summed E-state index contributed by atoms with van der Waals surface area (Å²) in [5.41, 5.74) is 0.200. The molecule has 0 spiro atoms. The molecule has 0 fully saturated rings. The molecule has 0 unspecified atom stereocenters. The normalized spacial score (nSPS) is 10.2. The molecule has 0 aliphatic heterocycles. The number of carbonyl (C=O) groups is 1. The summed E-state index contributed by atoms with van der Waals surface area (Å²) in [6.45, 7) is 2.47. The number of nitrogens with zero attached hydrogens (tertiary/aromatic N) is 2. The number of benzene rings is 1. The number of rotatable bonds is 5. The van der Waals surface area contributed by atoms with Crippen molar-refractivity contribution in [2.75, 3.05) is 11.9 Å². The van der Waals surface area contributed by atoms with Gasteiger partial charge in [0.05, 0.1) is 5.69 Å². The van der Waals surface area contributed by atoms with Crippen molar-refractivity contribution in [3.8, 4) is 0 Å². The molecule has 21 heavy (non-hydrogen) atoms. The fourth-order valence-corrected chi connectivity index (χ4v) is 1.59. The van der Waals surface area contributed by atoms with Gasteiger partial charge in [-0.1, -0.05) is 6.92 Å². The van der Waals surface area contributed by atoms with E-state index in [1.165, 1.54) is 18.3 Å². The van der Waals surface area contributed by atoms with E-state index >= 15 is 0 Å². The van der Waals surface area contributed by atoms with Crippen LogP contribution in [-0.4, -0.2) is 22.4 Å². The van der Waals surface area contributed by atoms with E-state index in [1.807, 2.05) is 6.92 Å². The molecule has 7 heteroatoms. The lowest BCUT2D eigenvalue weighted by molar-refractivity contribution is 0.0948. The lowest BCUT2D eigenvalue weighted by Crippen LogP contribution is -2.25. The molecular weight excluding hydrogens is 278 g/mol. The van der Waals surface area contributed by atoms with Gasteiger partial charge in [0, 0.05) is 18.8 Å². The van der Waals surface area contributed by atoms with Crippen molar-refractivity contribution in [1.82, 2.24) is 15.3 Å². The highest BCUT2D eigenvalue weighted by atomic mass is 19.1. The van der Waals surface area contributed by atoms with Crippen molar-refractivity contribution in [2.45, 2.75) is 13.3 Å². The average Bonchev–Trinajstić information content (AvgIpc) is 2.48. The van der Waals surface area contributed by atoms with Gasteiger partial charge in [-0.15, -0.1) is 0 Å². The van der Waals surface area contributed by atoms with E-state index in [0.717, 1.165) is 18.6 Å². The molecule has 2 aromatic rings. The van der Waals surface area contributed by atoms with Crippen molar-refractivity contribution in [3.63, 3.8) is 0 Å². The van der Waals surface area contributed by atoms with Gasteiger partial charge in [0.25, 0.3) is 5.91 Å². The molecule has 2 rings (SSSR count). The number of hydrogen-bond acceptors (Lipinski definition) is 4. The Labute approximate surface area is 120 Å². The van der Waals surface area contributed by atoms with Crippen LogP contribution in [0.4, 0.5) is 20.4 Å². The predicted octanol–water partition coefficient (Wildman–Crippen LogP) is 2.64. The molecule has 0 aliphatic carbocycles. The van der Waals surface area contributed by atoms with E-state index in [2.05, 4.69) is 20.6 Å². The summed E-state index contributed by atoms with van der Waals surface area (Å²) in [5.74, 6) is -1.71. The highest BCUT2D eigenvalue weighted by molar-refractivity contribution is 5.92. The van der Waals surface area contributed by atoms with Crippen LogP contribution in [0.15, 0.2) is 30.5 Å². The maximum Gasteiger partial charge on any atom is 0.270 e. The van der Waals surface area contributed by atoms with Crippen LogP contribution in [0.2, 0.25) is 0 Å². The van der Waals surface area contributed by atoms with Crippen LogP contribution < -0.4 is 10.6 Å². The van der Waals surface area contributed by atoms with Crippen molar-refractivity contribution < 1.29 is 13.6 Å². The topological polar surface area (TPSA) is 66.9 Å². The number of anilines is 2. The highest BCUT2D eigenvalue weighted by Gasteiger charge is 2.10. The average molecular weight is 292 g/mol. The van der Waals surface area contributed by atoms with Crippen LogP contribution in [0.1, 0.15) is 23.8 Å². The maximum absolute atomic E-state index is 13.5. The van der Waals surface area contributed by atoms with E-state index in [-0.39, 0.29) is 23.2 Å². The van der Waals surface area contributed by atoms with E-state index in [4.69, 9.17) is 0 Å². The fraction of sp³-hybridized carbons (Fsp3) is 0.214. The Bertz CT molecular complexity index is 649. The third-order valence-corrected chi connectivity index (χ3v) is 2.60. The number of aromatic nitrogens is 2. The summed E-state index contributed by atoms with van der Waals surface area (Å²) >= 11 is 0. The zero-order valence-electron chi connectivity index (χ0n) is 11.4. The Hall–Kier alpha value is -2.57. The van der Waals surface area contributed by atoms with E-state index in [9.17, 15) is 13.6 Å². The lowest BCUT2D eigenvalue weighted by Gasteiger charge is -2.07. The molecule has 0 saturated heterocycles. The summed E-state index contributed by atoms with van der Waals surface area (Å²) < 4.78 is 26.3. The van der Waals surface area contributed by atoms with Gasteiger partial charge in [-0.2, -0.15) is 0 Å². The van der Waals surface area contributed by atoms with E-state index in [0.29, 0.717) is 6.54 Å². The van der Waals surface area contributed by atoms with Gasteiger partial charge in [-0.25, -0.2) is 18.7 Å². The largest absolute Gasteiger partial charge is 0.351 e. The van der Waals surface area contributed by atoms with Crippen LogP contribution in [0.25, 0.3) is 0 Å². The van der Waals surface area contributed by atoms with Crippen LogP contribution in [0.5, 0.6) is 0 Å². The molecule has 5 nitrogen and oxygen atoms in total. The Morgan fingerprint density at radius 2 is 2.10 bits per heavy atom. The van der Waals surface area contributed by atoms with Crippen LogP contribution in [0, 0.1) is 11.6 Å². The maximum atomic E-state index is 13.5. The zero-order valence-corrected chi connectivity index (χ0v) is 11.4. The molecule has 0 saturated carbocycles. The zero-order chi connectivity index (χ0) is 15.2. The second kappa shape index (κ2) is 6.74. The lowest BCUT2D eigenvalue weighted by atomic mass is 10.3. The van der Waals surface area contributed by atoms with Crippen LogP contribution in [-0.2, 0) is 0 Å². The third-order valence-electron chi connectivity index (χ3n) is 2.60. The van der Waals surface area contributed by atoms with Gasteiger partial charge in [0.1, 0.15) is 17.3 Å². The minimum atomic E-state index is -0.764. The first-order valence-corrected chi connectivity index (χ1v) is 6.43. The standard InChI is InChI=1S/C14H14F2N4O/c1-2-6-17-13(21)12-5-7-18-14(20-12)19-11-4-3-9(15)8-10(11)16/h3-5,7-8H,2,6H2,1H3,(H,17,21)(H,18,19,20). The van der Waals surface area contributed by atoms with E-state index < -0.39 is 11.6 Å². The molecular formula is C14H14F2N4O. The molecule has 0 atom stereocenters. The first kappa shape index (κ1) is 14.8. The summed E-state index contributed by atoms with van der Waals surface area (Å²) in [6.07, 6.45) is 2.19. The number of halogens is 2. The van der Waals surface area contributed by atoms with Crippen molar-refractivity contribution in [3.05, 3.63) is 47.8 Å². The number of nitrogens with one attached hydrogen (secondary N) is 2. The van der Waals surface area contributed by atoms with Crippen molar-refractivity contribution in [1.29, 1.82) is 0 Å². The number of amides is 1. The molecule has 1 amide bonds. The number of hydrogen-bond donors (Lipinski definition) is 2. The smallest absolute Gasteiger partial charge is 0.270 e. The molecule has 2 N–H and O–H groups in total. The van der Waals surface area contributed by atoms with E-state index in [1.54, 1.807) is 0 Å². The van der Waals surface area contributed by atoms with Crippen molar-refractivity contribution in [2.24, 2.45) is 0 Å². The molecule has 1 aromatic carbocycles. The van der Waals surface area contributed by atoms with Gasteiger partial charge in [-0.05, 0) is 24.6 Å².